The fourth-order valence-electron chi connectivity index (χ4n) is 4.72. The number of nitrogens with two attached hydrogens (primary N) is 1. The molecule has 2 nitrogen and oxygen atoms in total. The van der Waals surface area contributed by atoms with Crippen LogP contribution in [0.4, 0.5) is 10.1 Å². The van der Waals surface area contributed by atoms with Gasteiger partial charge in [0, 0.05) is 18.8 Å². The Morgan fingerprint density at radius 3 is 2.90 bits per heavy atom. The van der Waals surface area contributed by atoms with Crippen molar-refractivity contribution in [3.05, 3.63) is 29.6 Å². The lowest BCUT2D eigenvalue weighted by Crippen LogP contribution is -2.61. The fourth-order valence-corrected chi connectivity index (χ4v) is 4.72. The lowest BCUT2D eigenvalue weighted by atomic mass is 9.67. The molecule has 0 amide bonds. The molecule has 2 unspecified atom stereocenters. The number of hydrogen-bond acceptors (Lipinski definition) is 2. The summed E-state index contributed by atoms with van der Waals surface area (Å²) >= 11 is 0. The first-order valence-electron chi connectivity index (χ1n) is 8.34. The molecule has 0 aromatic heterocycles. The first-order chi connectivity index (χ1) is 10.1. The topological polar surface area (TPSA) is 29.3 Å². The Kier molecular flexibility index (Phi) is 3.96. The Labute approximate surface area is 127 Å². The summed E-state index contributed by atoms with van der Waals surface area (Å²) in [4.78, 5) is 2.45. The molecule has 0 spiro atoms. The summed E-state index contributed by atoms with van der Waals surface area (Å²) in [7, 11) is 0. The summed E-state index contributed by atoms with van der Waals surface area (Å²) in [6, 6.07) is 5.24. The van der Waals surface area contributed by atoms with Crippen LogP contribution in [0.15, 0.2) is 18.2 Å². The van der Waals surface area contributed by atoms with Crippen molar-refractivity contribution in [3.63, 3.8) is 0 Å². The van der Waals surface area contributed by atoms with Crippen LogP contribution in [0.3, 0.4) is 0 Å². The quantitative estimate of drug-likeness (QED) is 0.919. The maximum Gasteiger partial charge on any atom is 0.125 e. The van der Waals surface area contributed by atoms with Gasteiger partial charge in [-0.05, 0) is 48.8 Å². The summed E-state index contributed by atoms with van der Waals surface area (Å²) in [5, 5.41) is 0. The van der Waals surface area contributed by atoms with Crippen LogP contribution in [-0.2, 0) is 6.42 Å². The third-order valence-electron chi connectivity index (χ3n) is 5.70. The third kappa shape index (κ3) is 2.36. The molecule has 1 aromatic carbocycles. The Morgan fingerprint density at radius 1 is 1.38 bits per heavy atom. The molecule has 21 heavy (non-hydrogen) atoms. The van der Waals surface area contributed by atoms with Crippen LogP contribution in [0.5, 0.6) is 0 Å². The Balaban J connectivity index is 2.02. The van der Waals surface area contributed by atoms with E-state index in [0.717, 1.165) is 25.1 Å². The van der Waals surface area contributed by atoms with Crippen LogP contribution in [0.25, 0.3) is 0 Å². The summed E-state index contributed by atoms with van der Waals surface area (Å²) in [6.45, 7) is 6.27. The number of anilines is 1. The molecule has 1 aliphatic heterocycles. The Hall–Kier alpha value is -1.09. The second kappa shape index (κ2) is 5.60. The molecule has 1 fully saturated rings. The molecular formula is C18H27FN2. The van der Waals surface area contributed by atoms with Gasteiger partial charge >= 0.3 is 0 Å². The van der Waals surface area contributed by atoms with Crippen molar-refractivity contribution in [1.82, 2.24) is 0 Å². The van der Waals surface area contributed by atoms with Crippen molar-refractivity contribution >= 4 is 5.69 Å². The minimum Gasteiger partial charge on any atom is -0.364 e. The van der Waals surface area contributed by atoms with E-state index in [1.807, 2.05) is 6.07 Å². The number of fused-ring (bicyclic) bond motifs is 1. The highest BCUT2D eigenvalue weighted by atomic mass is 19.1. The second-order valence-corrected chi connectivity index (χ2v) is 7.08. The Bertz CT molecular complexity index is 514. The average Bonchev–Trinajstić information content (AvgIpc) is 2.90. The minimum atomic E-state index is -0.135. The van der Waals surface area contributed by atoms with E-state index in [-0.39, 0.29) is 11.4 Å². The molecule has 2 atom stereocenters. The van der Waals surface area contributed by atoms with Crippen LogP contribution >= 0.6 is 0 Å². The van der Waals surface area contributed by atoms with Gasteiger partial charge in [-0.2, -0.15) is 0 Å². The van der Waals surface area contributed by atoms with E-state index in [2.05, 4.69) is 18.7 Å². The third-order valence-corrected chi connectivity index (χ3v) is 5.70. The molecule has 3 heteroatoms. The first kappa shape index (κ1) is 14.8. The molecule has 0 saturated heterocycles. The largest absolute Gasteiger partial charge is 0.364 e. The van der Waals surface area contributed by atoms with E-state index in [1.54, 1.807) is 12.1 Å². The molecule has 1 heterocycles. The smallest absolute Gasteiger partial charge is 0.125 e. The zero-order chi connectivity index (χ0) is 15.0. The van der Waals surface area contributed by atoms with Gasteiger partial charge < -0.3 is 10.6 Å². The second-order valence-electron chi connectivity index (χ2n) is 7.08. The first-order valence-corrected chi connectivity index (χ1v) is 8.34. The van der Waals surface area contributed by atoms with Gasteiger partial charge in [0.1, 0.15) is 5.82 Å². The van der Waals surface area contributed by atoms with Crippen LogP contribution in [0, 0.1) is 17.7 Å². The zero-order valence-electron chi connectivity index (χ0n) is 13.2. The van der Waals surface area contributed by atoms with Gasteiger partial charge in [-0.15, -0.1) is 0 Å². The van der Waals surface area contributed by atoms with Crippen molar-refractivity contribution in [2.45, 2.75) is 51.5 Å². The minimum absolute atomic E-state index is 0.0193. The maximum atomic E-state index is 13.7. The summed E-state index contributed by atoms with van der Waals surface area (Å²) in [5.74, 6) is 1.08. The van der Waals surface area contributed by atoms with Crippen LogP contribution < -0.4 is 10.6 Å². The maximum absolute atomic E-state index is 13.7. The lowest BCUT2D eigenvalue weighted by molar-refractivity contribution is 0.138. The standard InChI is InChI=1S/C18H27FN2/c1-13(2)16-5-3-4-9-18(16,12-20)21-10-8-14-6-7-15(19)11-17(14)21/h6-7,11,13,16H,3-5,8-10,12,20H2,1-2H3. The molecule has 1 saturated carbocycles. The fraction of sp³-hybridized carbons (Fsp3) is 0.667. The van der Waals surface area contributed by atoms with Crippen molar-refractivity contribution < 1.29 is 4.39 Å². The zero-order valence-corrected chi connectivity index (χ0v) is 13.2. The summed E-state index contributed by atoms with van der Waals surface area (Å²) in [5.41, 5.74) is 8.69. The highest BCUT2D eigenvalue weighted by Crippen LogP contribution is 2.46. The molecule has 1 aromatic rings. The van der Waals surface area contributed by atoms with Crippen LogP contribution in [-0.4, -0.2) is 18.6 Å². The van der Waals surface area contributed by atoms with E-state index >= 15 is 0 Å². The van der Waals surface area contributed by atoms with Crippen molar-refractivity contribution in [3.8, 4) is 0 Å². The van der Waals surface area contributed by atoms with Crippen LogP contribution in [0.2, 0.25) is 0 Å². The Morgan fingerprint density at radius 2 is 2.19 bits per heavy atom. The molecule has 0 bridgehead atoms. The number of benzene rings is 1. The lowest BCUT2D eigenvalue weighted by Gasteiger charge is -2.52. The van der Waals surface area contributed by atoms with Crippen molar-refractivity contribution in [2.75, 3.05) is 18.0 Å². The van der Waals surface area contributed by atoms with Crippen LogP contribution in [0.1, 0.15) is 45.1 Å². The van der Waals surface area contributed by atoms with Crippen molar-refractivity contribution in [2.24, 2.45) is 17.6 Å². The molecule has 0 radical (unpaired) electrons. The average molecular weight is 290 g/mol. The number of halogens is 1. The predicted octanol–water partition coefficient (Wildman–Crippen LogP) is 3.73. The monoisotopic (exact) mass is 290 g/mol. The van der Waals surface area contributed by atoms with E-state index in [9.17, 15) is 4.39 Å². The SMILES string of the molecule is CC(C)C1CCCCC1(CN)N1CCc2ccc(F)cc21. The molecule has 1 aliphatic carbocycles. The highest BCUT2D eigenvalue weighted by Gasteiger charge is 2.47. The highest BCUT2D eigenvalue weighted by molar-refractivity contribution is 5.60. The molecule has 2 N–H and O–H groups in total. The summed E-state index contributed by atoms with van der Waals surface area (Å²) in [6.07, 6.45) is 5.94. The molecule has 116 valence electrons. The normalized spacial score (nSPS) is 29.0. The van der Waals surface area contributed by atoms with Gasteiger partial charge in [-0.25, -0.2) is 4.39 Å². The molecular weight excluding hydrogens is 263 g/mol. The van der Waals surface area contributed by atoms with Gasteiger partial charge in [-0.3, -0.25) is 0 Å². The van der Waals surface area contributed by atoms with Gasteiger partial charge in [-0.1, -0.05) is 32.8 Å². The van der Waals surface area contributed by atoms with E-state index < -0.39 is 0 Å². The van der Waals surface area contributed by atoms with Gasteiger partial charge in [0.25, 0.3) is 0 Å². The number of hydrogen-bond donors (Lipinski definition) is 1. The molecule has 3 rings (SSSR count). The van der Waals surface area contributed by atoms with E-state index in [4.69, 9.17) is 5.73 Å². The predicted molar refractivity (Wildman–Crippen MR) is 86.0 cm³/mol. The van der Waals surface area contributed by atoms with Gasteiger partial charge in [0.2, 0.25) is 0 Å². The van der Waals surface area contributed by atoms with Gasteiger partial charge in [0.15, 0.2) is 0 Å². The van der Waals surface area contributed by atoms with Gasteiger partial charge in [0.05, 0.1) is 5.54 Å². The summed E-state index contributed by atoms with van der Waals surface area (Å²) < 4.78 is 13.7. The van der Waals surface area contributed by atoms with E-state index in [0.29, 0.717) is 18.4 Å². The number of nitrogens with zero attached hydrogens (tertiary/aromatic N) is 1. The van der Waals surface area contributed by atoms with E-state index in [1.165, 1.54) is 24.8 Å². The van der Waals surface area contributed by atoms with Crippen molar-refractivity contribution in [1.29, 1.82) is 0 Å². The number of rotatable bonds is 3. The molecule has 2 aliphatic rings.